The second-order valence-electron chi connectivity index (χ2n) is 6.92. The fourth-order valence-electron chi connectivity index (χ4n) is 3.34. The van der Waals surface area contributed by atoms with Gasteiger partial charge < -0.3 is 4.98 Å². The quantitative estimate of drug-likeness (QED) is 0.490. The molecule has 0 unspecified atom stereocenters. The van der Waals surface area contributed by atoms with E-state index in [1.807, 2.05) is 48.8 Å². The van der Waals surface area contributed by atoms with Crippen molar-refractivity contribution in [1.29, 1.82) is 0 Å². The molecular weight excluding hydrogens is 390 g/mol. The summed E-state index contributed by atoms with van der Waals surface area (Å²) in [5.74, 6) is 0.668. The number of hydrogen-bond acceptors (Lipinski definition) is 4. The van der Waals surface area contributed by atoms with Crippen LogP contribution in [0.15, 0.2) is 58.7 Å². The number of rotatable bonds is 5. The van der Waals surface area contributed by atoms with E-state index in [2.05, 4.69) is 28.9 Å². The van der Waals surface area contributed by atoms with Gasteiger partial charge in [0.2, 0.25) is 0 Å². The summed E-state index contributed by atoms with van der Waals surface area (Å²) < 4.78 is 0. The molecule has 2 aromatic carbocycles. The summed E-state index contributed by atoms with van der Waals surface area (Å²) in [4.78, 5) is 23.3. The van der Waals surface area contributed by atoms with Crippen molar-refractivity contribution in [3.05, 3.63) is 86.2 Å². The van der Waals surface area contributed by atoms with Crippen LogP contribution in [0.4, 0.5) is 0 Å². The van der Waals surface area contributed by atoms with Crippen LogP contribution in [0, 0.1) is 6.92 Å². The topological polar surface area (TPSA) is 49.0 Å². The average molecular weight is 410 g/mol. The Balaban J connectivity index is 1.63. The number of thiophene rings is 1. The van der Waals surface area contributed by atoms with Gasteiger partial charge in [-0.05, 0) is 31.2 Å². The Hall–Kier alpha value is -2.47. The normalized spacial score (nSPS) is 11.4. The van der Waals surface area contributed by atoms with Gasteiger partial charge in [0.15, 0.2) is 0 Å². The molecule has 4 rings (SSSR count). The molecule has 2 heterocycles. The number of H-pyrrole nitrogens is 1. The molecule has 2 aromatic heterocycles. The standard InChI is InChI=1S/C22H20ClN3OS/c1-14-7-3-4-8-15(14)11-26(2)12-19-24-21(27)20-17(13-28-22(20)25-19)16-9-5-6-10-18(16)23/h3-10,13H,11-12H2,1-2H3,(H,24,25,27). The lowest BCUT2D eigenvalue weighted by molar-refractivity contribution is 0.310. The molecule has 0 bridgehead atoms. The maximum absolute atomic E-state index is 12.8. The number of aromatic amines is 1. The molecule has 0 aliphatic rings. The van der Waals surface area contributed by atoms with E-state index in [0.717, 1.165) is 22.5 Å². The Bertz CT molecular complexity index is 1200. The van der Waals surface area contributed by atoms with Crippen LogP contribution in [0.3, 0.4) is 0 Å². The average Bonchev–Trinajstić information content (AvgIpc) is 3.08. The van der Waals surface area contributed by atoms with E-state index in [-0.39, 0.29) is 5.56 Å². The third-order valence-corrected chi connectivity index (χ3v) is 5.98. The number of aryl methyl sites for hydroxylation is 1. The van der Waals surface area contributed by atoms with Gasteiger partial charge in [-0.3, -0.25) is 9.69 Å². The van der Waals surface area contributed by atoms with Gasteiger partial charge in [0.1, 0.15) is 10.7 Å². The highest BCUT2D eigenvalue weighted by Crippen LogP contribution is 2.34. The van der Waals surface area contributed by atoms with Gasteiger partial charge in [0, 0.05) is 28.1 Å². The Kier molecular flexibility index (Phi) is 5.31. The summed E-state index contributed by atoms with van der Waals surface area (Å²) in [6.07, 6.45) is 0. The van der Waals surface area contributed by atoms with Crippen molar-refractivity contribution in [3.8, 4) is 11.1 Å². The van der Waals surface area contributed by atoms with E-state index >= 15 is 0 Å². The number of nitrogens with one attached hydrogen (secondary N) is 1. The van der Waals surface area contributed by atoms with Crippen molar-refractivity contribution in [2.24, 2.45) is 0 Å². The minimum absolute atomic E-state index is 0.125. The van der Waals surface area contributed by atoms with Crippen molar-refractivity contribution in [1.82, 2.24) is 14.9 Å². The number of benzene rings is 2. The third kappa shape index (κ3) is 3.74. The third-order valence-electron chi connectivity index (χ3n) is 4.78. The zero-order valence-corrected chi connectivity index (χ0v) is 17.3. The van der Waals surface area contributed by atoms with Gasteiger partial charge in [0.25, 0.3) is 5.56 Å². The first-order valence-corrected chi connectivity index (χ1v) is 10.3. The molecule has 0 aliphatic carbocycles. The SMILES string of the molecule is Cc1ccccc1CN(C)Cc1nc2scc(-c3ccccc3Cl)c2c(=O)[nH]1. The van der Waals surface area contributed by atoms with Gasteiger partial charge in [-0.25, -0.2) is 4.98 Å². The summed E-state index contributed by atoms with van der Waals surface area (Å²) in [6.45, 7) is 3.47. The lowest BCUT2D eigenvalue weighted by Crippen LogP contribution is -2.22. The van der Waals surface area contributed by atoms with Gasteiger partial charge >= 0.3 is 0 Å². The first-order chi connectivity index (χ1) is 13.5. The summed E-state index contributed by atoms with van der Waals surface area (Å²) >= 11 is 7.79. The Morgan fingerprint density at radius 3 is 2.61 bits per heavy atom. The van der Waals surface area contributed by atoms with Crippen molar-refractivity contribution in [3.63, 3.8) is 0 Å². The molecular formula is C22H20ClN3OS. The Morgan fingerprint density at radius 1 is 1.07 bits per heavy atom. The van der Waals surface area contributed by atoms with Crippen LogP contribution < -0.4 is 5.56 Å². The van der Waals surface area contributed by atoms with Crippen LogP contribution in [0.2, 0.25) is 5.02 Å². The number of halogens is 1. The van der Waals surface area contributed by atoms with E-state index in [0.29, 0.717) is 22.8 Å². The van der Waals surface area contributed by atoms with Gasteiger partial charge in [0.05, 0.1) is 11.9 Å². The Morgan fingerprint density at radius 2 is 1.82 bits per heavy atom. The highest BCUT2D eigenvalue weighted by molar-refractivity contribution is 7.17. The number of hydrogen-bond donors (Lipinski definition) is 1. The highest BCUT2D eigenvalue weighted by atomic mass is 35.5. The van der Waals surface area contributed by atoms with Crippen molar-refractivity contribution < 1.29 is 0 Å². The summed E-state index contributed by atoms with van der Waals surface area (Å²) in [5.41, 5.74) is 4.09. The van der Waals surface area contributed by atoms with E-state index in [4.69, 9.17) is 16.6 Å². The minimum atomic E-state index is -0.125. The van der Waals surface area contributed by atoms with Gasteiger partial charge in [-0.15, -0.1) is 11.3 Å². The van der Waals surface area contributed by atoms with Crippen molar-refractivity contribution >= 4 is 33.2 Å². The molecule has 0 spiro atoms. The lowest BCUT2D eigenvalue weighted by atomic mass is 10.1. The maximum atomic E-state index is 12.8. The molecule has 0 aliphatic heterocycles. The predicted octanol–water partition coefficient (Wildman–Crippen LogP) is 5.25. The molecule has 142 valence electrons. The molecule has 1 N–H and O–H groups in total. The molecule has 4 nitrogen and oxygen atoms in total. The molecule has 0 atom stereocenters. The number of nitrogens with zero attached hydrogens (tertiary/aromatic N) is 2. The lowest BCUT2D eigenvalue weighted by Gasteiger charge is -2.17. The van der Waals surface area contributed by atoms with Crippen LogP contribution in [-0.2, 0) is 13.1 Å². The van der Waals surface area contributed by atoms with Crippen LogP contribution in [0.25, 0.3) is 21.3 Å². The van der Waals surface area contributed by atoms with E-state index in [9.17, 15) is 4.79 Å². The zero-order chi connectivity index (χ0) is 19.7. The maximum Gasteiger partial charge on any atom is 0.260 e. The van der Waals surface area contributed by atoms with Crippen LogP contribution in [0.1, 0.15) is 17.0 Å². The summed E-state index contributed by atoms with van der Waals surface area (Å²) in [5, 5.41) is 3.18. The zero-order valence-electron chi connectivity index (χ0n) is 15.7. The molecule has 28 heavy (non-hydrogen) atoms. The van der Waals surface area contributed by atoms with Crippen molar-refractivity contribution in [2.45, 2.75) is 20.0 Å². The van der Waals surface area contributed by atoms with Crippen LogP contribution in [0.5, 0.6) is 0 Å². The molecule has 6 heteroatoms. The molecule has 4 aromatic rings. The second-order valence-corrected chi connectivity index (χ2v) is 8.19. The second kappa shape index (κ2) is 7.87. The van der Waals surface area contributed by atoms with Gasteiger partial charge in [-0.2, -0.15) is 0 Å². The van der Waals surface area contributed by atoms with E-state index in [1.54, 1.807) is 0 Å². The van der Waals surface area contributed by atoms with E-state index in [1.165, 1.54) is 22.5 Å². The Labute approximate surface area is 172 Å². The van der Waals surface area contributed by atoms with E-state index < -0.39 is 0 Å². The first-order valence-electron chi connectivity index (χ1n) is 9.01. The number of fused-ring (bicyclic) bond motifs is 1. The van der Waals surface area contributed by atoms with Crippen molar-refractivity contribution in [2.75, 3.05) is 7.05 Å². The fourth-order valence-corrected chi connectivity index (χ4v) is 4.53. The molecule has 0 saturated carbocycles. The van der Waals surface area contributed by atoms with Gasteiger partial charge in [-0.1, -0.05) is 54.1 Å². The molecule has 0 amide bonds. The summed E-state index contributed by atoms with van der Waals surface area (Å²) in [6, 6.07) is 15.9. The monoisotopic (exact) mass is 409 g/mol. The fraction of sp³-hybridized carbons (Fsp3) is 0.182. The smallest absolute Gasteiger partial charge is 0.260 e. The molecule has 0 fully saturated rings. The summed E-state index contributed by atoms with van der Waals surface area (Å²) in [7, 11) is 2.03. The molecule has 0 saturated heterocycles. The largest absolute Gasteiger partial charge is 0.309 e. The van der Waals surface area contributed by atoms with Crippen LogP contribution >= 0.6 is 22.9 Å². The first kappa shape index (κ1) is 18.9. The predicted molar refractivity (Wildman–Crippen MR) is 117 cm³/mol. The molecule has 0 radical (unpaired) electrons. The minimum Gasteiger partial charge on any atom is -0.309 e. The van der Waals surface area contributed by atoms with Crippen LogP contribution in [-0.4, -0.2) is 21.9 Å². The highest BCUT2D eigenvalue weighted by Gasteiger charge is 2.15. The number of aromatic nitrogens is 2.